The van der Waals surface area contributed by atoms with E-state index < -0.39 is 11.8 Å². The van der Waals surface area contributed by atoms with Crippen molar-refractivity contribution in [2.45, 2.75) is 52.2 Å². The molecule has 0 saturated heterocycles. The van der Waals surface area contributed by atoms with Gasteiger partial charge in [-0.2, -0.15) is 0 Å². The first-order valence-electron chi connectivity index (χ1n) is 13.0. The lowest BCUT2D eigenvalue weighted by molar-refractivity contribution is -0.141. The summed E-state index contributed by atoms with van der Waals surface area (Å²) in [5, 5.41) is 9.06. The second-order valence-corrected chi connectivity index (χ2v) is 9.41. The number of carbonyl (C=O) groups is 1. The van der Waals surface area contributed by atoms with Crippen LogP contribution in [0.2, 0.25) is 0 Å². The fourth-order valence-corrected chi connectivity index (χ4v) is 4.14. The number of carboxylic acid groups (broad SMARTS) is 1. The number of benzene rings is 1. The van der Waals surface area contributed by atoms with Gasteiger partial charge in [-0.05, 0) is 61.5 Å². The number of methoxy groups -OCH3 is 2. The molecule has 2 unspecified atom stereocenters. The number of rotatable bonds is 16. The Morgan fingerprint density at radius 3 is 2.63 bits per heavy atom. The largest absolute Gasteiger partial charge is 0.481 e. The van der Waals surface area contributed by atoms with Crippen LogP contribution in [0.25, 0.3) is 11.1 Å². The van der Waals surface area contributed by atoms with Gasteiger partial charge in [-0.1, -0.05) is 62.9 Å². The molecule has 1 aromatic heterocycles. The van der Waals surface area contributed by atoms with Crippen LogP contribution in [0, 0.1) is 11.7 Å². The quantitative estimate of drug-likeness (QED) is 0.239. The highest BCUT2D eigenvalue weighted by atomic mass is 19.1. The molecule has 0 fully saturated rings. The summed E-state index contributed by atoms with van der Waals surface area (Å²) in [5.41, 5.74) is 4.37. The summed E-state index contributed by atoms with van der Waals surface area (Å²) in [6, 6.07) is 7.67. The molecule has 0 radical (unpaired) electrons. The van der Waals surface area contributed by atoms with E-state index >= 15 is 0 Å². The molecule has 1 heterocycles. The lowest BCUT2D eigenvalue weighted by Crippen LogP contribution is -2.18. The number of allylic oxidation sites excluding steroid dienone is 5. The zero-order chi connectivity index (χ0) is 28.1. The van der Waals surface area contributed by atoms with Gasteiger partial charge in [-0.25, -0.2) is 9.37 Å². The van der Waals surface area contributed by atoms with Crippen molar-refractivity contribution in [3.05, 3.63) is 83.9 Å². The molecule has 2 atom stereocenters. The number of hydrogen-bond acceptors (Lipinski definition) is 5. The third kappa shape index (κ3) is 9.23. The Labute approximate surface area is 226 Å². The molecule has 0 aliphatic heterocycles. The smallest absolute Gasteiger partial charge is 0.306 e. The van der Waals surface area contributed by atoms with Crippen molar-refractivity contribution in [2.75, 3.05) is 27.8 Å². The van der Waals surface area contributed by atoms with Crippen molar-refractivity contribution in [1.82, 2.24) is 9.88 Å². The fraction of sp³-hybridized carbons (Fsp3) is 0.419. The van der Waals surface area contributed by atoms with E-state index in [1.54, 1.807) is 26.2 Å². The fourth-order valence-electron chi connectivity index (χ4n) is 4.14. The lowest BCUT2D eigenvalue weighted by Gasteiger charge is -2.22. The van der Waals surface area contributed by atoms with E-state index in [1.807, 2.05) is 37.4 Å². The standard InChI is InChI=1S/C31H41FN2O4/c1-7-11-23(13-10-9-12-22(3)31(35)36)14-17-29(37-5)24-15-16-26(25(18-24)21-34(4)8-2)27-19-30(38-6)33-20-28(27)32/h7,10-11,13,15-16,18-20,22,29H,1,8-9,12,14,17,21H2,2-6H3,(H,35,36)/b13-10-,23-11+. The van der Waals surface area contributed by atoms with Crippen molar-refractivity contribution in [2.24, 2.45) is 5.92 Å². The molecule has 2 aromatic rings. The second-order valence-electron chi connectivity index (χ2n) is 9.41. The molecule has 0 aliphatic rings. The van der Waals surface area contributed by atoms with Gasteiger partial charge in [0.25, 0.3) is 0 Å². The van der Waals surface area contributed by atoms with E-state index in [4.69, 9.17) is 14.6 Å². The van der Waals surface area contributed by atoms with Crippen molar-refractivity contribution < 1.29 is 23.8 Å². The minimum Gasteiger partial charge on any atom is -0.481 e. The summed E-state index contributed by atoms with van der Waals surface area (Å²) in [6.07, 6.45) is 11.6. The molecular formula is C31H41FN2O4. The first kappa shape index (κ1) is 30.9. The average molecular weight is 525 g/mol. The monoisotopic (exact) mass is 524 g/mol. The maximum absolute atomic E-state index is 14.8. The zero-order valence-electron chi connectivity index (χ0n) is 23.2. The number of pyridine rings is 1. The van der Waals surface area contributed by atoms with Gasteiger partial charge in [0.2, 0.25) is 5.88 Å². The maximum Gasteiger partial charge on any atom is 0.306 e. The third-order valence-electron chi connectivity index (χ3n) is 6.64. The van der Waals surface area contributed by atoms with Crippen LogP contribution in [0.15, 0.2) is 66.9 Å². The molecule has 38 heavy (non-hydrogen) atoms. The van der Waals surface area contributed by atoms with Crippen molar-refractivity contribution >= 4 is 5.97 Å². The van der Waals surface area contributed by atoms with E-state index in [-0.39, 0.29) is 12.0 Å². The molecule has 7 heteroatoms. The minimum absolute atomic E-state index is 0.153. The van der Waals surface area contributed by atoms with Gasteiger partial charge in [0.1, 0.15) is 5.82 Å². The zero-order valence-corrected chi connectivity index (χ0v) is 23.2. The predicted molar refractivity (Wildman–Crippen MR) is 151 cm³/mol. The number of halogens is 1. The van der Waals surface area contributed by atoms with E-state index in [2.05, 4.69) is 29.5 Å². The number of ether oxygens (including phenoxy) is 2. The van der Waals surface area contributed by atoms with Crippen LogP contribution in [0.1, 0.15) is 56.8 Å². The molecule has 1 N–H and O–H groups in total. The Bertz CT molecular complexity index is 1130. The van der Waals surface area contributed by atoms with Gasteiger partial charge in [0.15, 0.2) is 0 Å². The summed E-state index contributed by atoms with van der Waals surface area (Å²) in [6.45, 7) is 9.13. The van der Waals surface area contributed by atoms with Gasteiger partial charge in [0, 0.05) is 25.3 Å². The van der Waals surface area contributed by atoms with Crippen LogP contribution < -0.4 is 4.74 Å². The molecule has 0 saturated carbocycles. The molecule has 0 bridgehead atoms. The van der Waals surface area contributed by atoms with Crippen LogP contribution in [-0.2, 0) is 16.1 Å². The molecular weight excluding hydrogens is 483 g/mol. The van der Waals surface area contributed by atoms with Crippen LogP contribution >= 0.6 is 0 Å². The topological polar surface area (TPSA) is 71.9 Å². The van der Waals surface area contributed by atoms with E-state index in [1.165, 1.54) is 13.3 Å². The molecule has 0 spiro atoms. The Kier molecular flexibility index (Phi) is 12.9. The summed E-state index contributed by atoms with van der Waals surface area (Å²) in [5.74, 6) is -1.17. The molecule has 0 amide bonds. The van der Waals surface area contributed by atoms with Gasteiger partial charge in [-0.15, -0.1) is 0 Å². The summed E-state index contributed by atoms with van der Waals surface area (Å²) in [7, 11) is 5.25. The van der Waals surface area contributed by atoms with Gasteiger partial charge >= 0.3 is 5.97 Å². The van der Waals surface area contributed by atoms with Crippen LogP contribution in [0.3, 0.4) is 0 Å². The van der Waals surface area contributed by atoms with E-state index in [9.17, 15) is 9.18 Å². The van der Waals surface area contributed by atoms with Gasteiger partial charge < -0.3 is 19.5 Å². The molecule has 6 nitrogen and oxygen atoms in total. The molecule has 2 rings (SSSR count). The Balaban J connectivity index is 2.27. The first-order valence-corrected chi connectivity index (χ1v) is 13.0. The lowest BCUT2D eigenvalue weighted by atomic mass is 9.93. The summed E-state index contributed by atoms with van der Waals surface area (Å²) >= 11 is 0. The number of hydrogen-bond donors (Lipinski definition) is 1. The Morgan fingerprint density at radius 2 is 2.00 bits per heavy atom. The maximum atomic E-state index is 14.8. The first-order chi connectivity index (χ1) is 18.2. The summed E-state index contributed by atoms with van der Waals surface area (Å²) < 4.78 is 25.9. The highest BCUT2D eigenvalue weighted by Crippen LogP contribution is 2.33. The predicted octanol–water partition coefficient (Wildman–Crippen LogP) is 6.99. The third-order valence-corrected chi connectivity index (χ3v) is 6.64. The van der Waals surface area contributed by atoms with Gasteiger partial charge in [-0.3, -0.25) is 4.79 Å². The number of aliphatic carboxylic acids is 1. The number of nitrogens with zero attached hydrogens (tertiary/aromatic N) is 2. The van der Waals surface area contributed by atoms with Crippen LogP contribution in [0.4, 0.5) is 4.39 Å². The van der Waals surface area contributed by atoms with Crippen LogP contribution in [-0.4, -0.2) is 48.8 Å². The van der Waals surface area contributed by atoms with E-state index in [0.717, 1.165) is 41.6 Å². The Hall–Kier alpha value is -3.29. The second kappa shape index (κ2) is 15.8. The van der Waals surface area contributed by atoms with Crippen molar-refractivity contribution in [3.63, 3.8) is 0 Å². The Morgan fingerprint density at radius 1 is 1.24 bits per heavy atom. The highest BCUT2D eigenvalue weighted by molar-refractivity contribution is 5.70. The summed E-state index contributed by atoms with van der Waals surface area (Å²) in [4.78, 5) is 17.2. The van der Waals surface area contributed by atoms with Gasteiger partial charge in [0.05, 0.1) is 25.3 Å². The van der Waals surface area contributed by atoms with Crippen molar-refractivity contribution in [1.29, 1.82) is 0 Å². The van der Waals surface area contributed by atoms with Crippen LogP contribution in [0.5, 0.6) is 5.88 Å². The average Bonchev–Trinajstić information content (AvgIpc) is 2.91. The SMILES string of the molecule is C=C/C=C(\C=C/CCC(C)C(=O)O)CCC(OC)c1ccc(-c2cc(OC)ncc2F)c(CN(C)CC)c1. The van der Waals surface area contributed by atoms with Crippen molar-refractivity contribution in [3.8, 4) is 17.0 Å². The number of carboxylic acids is 1. The molecule has 0 aliphatic carbocycles. The molecule has 1 aromatic carbocycles. The normalized spacial score (nSPS) is 13.6. The highest BCUT2D eigenvalue weighted by Gasteiger charge is 2.18. The minimum atomic E-state index is -0.774. The van der Waals surface area contributed by atoms with E-state index in [0.29, 0.717) is 30.8 Å². The number of aromatic nitrogens is 1. The molecule has 206 valence electrons.